The van der Waals surface area contributed by atoms with Crippen molar-refractivity contribution in [2.75, 3.05) is 12.5 Å². The molecule has 1 aromatic heterocycles. The Hall–Kier alpha value is -4.07. The normalized spacial score (nSPS) is 15.4. The van der Waals surface area contributed by atoms with Crippen LogP contribution < -0.4 is 21.0 Å². The molecule has 0 radical (unpaired) electrons. The molecule has 3 aromatic rings. The largest absolute Gasteiger partial charge is 0.496 e. The van der Waals surface area contributed by atoms with Crippen molar-refractivity contribution < 1.29 is 18.7 Å². The van der Waals surface area contributed by atoms with Crippen LogP contribution in [-0.2, 0) is 6.42 Å². The van der Waals surface area contributed by atoms with Gasteiger partial charge in [0.2, 0.25) is 0 Å². The second-order valence-corrected chi connectivity index (χ2v) is 9.02. The number of hydrazine groups is 1. The zero-order valence-corrected chi connectivity index (χ0v) is 19.7. The first-order chi connectivity index (χ1) is 16.3. The van der Waals surface area contributed by atoms with Crippen molar-refractivity contribution in [1.82, 2.24) is 10.9 Å². The van der Waals surface area contributed by atoms with E-state index in [1.807, 2.05) is 37.3 Å². The van der Waals surface area contributed by atoms with Gasteiger partial charge in [-0.2, -0.15) is 5.10 Å². The minimum atomic E-state index is -0.539. The third-order valence-corrected chi connectivity index (χ3v) is 5.73. The second kappa shape index (κ2) is 9.43. The van der Waals surface area contributed by atoms with Crippen LogP contribution in [0, 0.1) is 12.3 Å². The highest BCUT2D eigenvalue weighted by molar-refractivity contribution is 6.07. The van der Waals surface area contributed by atoms with E-state index in [0.717, 1.165) is 23.4 Å². The zero-order valence-electron chi connectivity index (χ0n) is 19.7. The van der Waals surface area contributed by atoms with Crippen molar-refractivity contribution in [3.63, 3.8) is 0 Å². The second-order valence-electron chi connectivity index (χ2n) is 9.02. The average molecular weight is 461 g/mol. The van der Waals surface area contributed by atoms with Gasteiger partial charge in [0, 0.05) is 17.5 Å². The fraction of sp³-hybridized carbons (Fsp3) is 0.269. The highest BCUT2D eigenvalue weighted by Gasteiger charge is 2.36. The summed E-state index contributed by atoms with van der Waals surface area (Å²) in [4.78, 5) is 25.4. The van der Waals surface area contributed by atoms with Crippen LogP contribution in [0.3, 0.4) is 0 Å². The monoisotopic (exact) mass is 460 g/mol. The molecule has 0 saturated heterocycles. The number of amides is 2. The lowest BCUT2D eigenvalue weighted by atomic mass is 9.75. The number of hydrogen-bond donors (Lipinski definition) is 3. The van der Waals surface area contributed by atoms with Crippen molar-refractivity contribution in [2.24, 2.45) is 10.5 Å². The Morgan fingerprint density at radius 1 is 0.971 bits per heavy atom. The number of carbonyl (C=O) groups is 2. The van der Waals surface area contributed by atoms with E-state index >= 15 is 0 Å². The molecule has 3 N–H and O–H groups in total. The molecule has 176 valence electrons. The SMILES string of the molecule is COc1ccccc1C(=O)NNC(=O)c1oc2c(c1C)/C(=N\Nc1ccccc1)CC(C)(C)C2. The van der Waals surface area contributed by atoms with Crippen molar-refractivity contribution >= 4 is 23.2 Å². The van der Waals surface area contributed by atoms with Gasteiger partial charge >= 0.3 is 5.91 Å². The van der Waals surface area contributed by atoms with Gasteiger partial charge in [-0.25, -0.2) is 0 Å². The molecule has 0 fully saturated rings. The lowest BCUT2D eigenvalue weighted by molar-refractivity contribution is 0.0827. The lowest BCUT2D eigenvalue weighted by Crippen LogP contribution is -2.41. The molecule has 1 heterocycles. The highest BCUT2D eigenvalue weighted by atomic mass is 16.5. The molecule has 0 spiro atoms. The van der Waals surface area contributed by atoms with Gasteiger partial charge in [0.15, 0.2) is 5.76 Å². The van der Waals surface area contributed by atoms with Crippen molar-refractivity contribution in [1.29, 1.82) is 0 Å². The number of furan rings is 1. The summed E-state index contributed by atoms with van der Waals surface area (Å²) in [5, 5.41) is 4.65. The summed E-state index contributed by atoms with van der Waals surface area (Å²) in [6.45, 7) is 6.10. The van der Waals surface area contributed by atoms with E-state index in [0.29, 0.717) is 29.1 Å². The fourth-order valence-electron chi connectivity index (χ4n) is 4.14. The number of fused-ring (bicyclic) bond motifs is 1. The van der Waals surface area contributed by atoms with Gasteiger partial charge in [-0.1, -0.05) is 44.2 Å². The molecule has 34 heavy (non-hydrogen) atoms. The van der Waals surface area contributed by atoms with Gasteiger partial charge in [0.25, 0.3) is 5.91 Å². The quantitative estimate of drug-likeness (QED) is 0.488. The first kappa shape index (κ1) is 23.1. The van der Waals surface area contributed by atoms with E-state index in [2.05, 4.69) is 35.2 Å². The maximum atomic E-state index is 12.9. The minimum absolute atomic E-state index is 0.0830. The lowest BCUT2D eigenvalue weighted by Gasteiger charge is -2.29. The zero-order chi connectivity index (χ0) is 24.3. The molecule has 1 aliphatic rings. The van der Waals surface area contributed by atoms with Crippen LogP contribution in [0.1, 0.15) is 58.1 Å². The van der Waals surface area contributed by atoms with Crippen molar-refractivity contribution in [2.45, 2.75) is 33.6 Å². The maximum absolute atomic E-state index is 12.9. The summed E-state index contributed by atoms with van der Waals surface area (Å²) >= 11 is 0. The molecule has 8 heteroatoms. The van der Waals surface area contributed by atoms with Crippen LogP contribution in [0.15, 0.2) is 64.1 Å². The number of hydrazone groups is 1. The Bertz CT molecular complexity index is 1240. The number of nitrogens with one attached hydrogen (secondary N) is 3. The first-order valence-corrected chi connectivity index (χ1v) is 11.0. The molecule has 0 bridgehead atoms. The molecule has 2 aromatic carbocycles. The maximum Gasteiger partial charge on any atom is 0.305 e. The predicted octanol–water partition coefficient (Wildman–Crippen LogP) is 4.46. The molecule has 0 aliphatic heterocycles. The van der Waals surface area contributed by atoms with Gasteiger partial charge in [-0.15, -0.1) is 0 Å². The Kier molecular flexibility index (Phi) is 6.40. The Labute approximate surface area is 198 Å². The molecular formula is C26H28N4O4. The summed E-state index contributed by atoms with van der Waals surface area (Å²) in [6, 6.07) is 16.4. The number of anilines is 1. The minimum Gasteiger partial charge on any atom is -0.496 e. The first-order valence-electron chi connectivity index (χ1n) is 11.0. The van der Waals surface area contributed by atoms with E-state index in [4.69, 9.17) is 9.15 Å². The van der Waals surface area contributed by atoms with Crippen LogP contribution >= 0.6 is 0 Å². The Balaban J connectivity index is 1.56. The van der Waals surface area contributed by atoms with Crippen LogP contribution in [0.2, 0.25) is 0 Å². The Morgan fingerprint density at radius 2 is 1.65 bits per heavy atom. The van der Waals surface area contributed by atoms with Gasteiger partial charge in [-0.3, -0.25) is 25.9 Å². The number of carbonyl (C=O) groups excluding carboxylic acids is 2. The van der Waals surface area contributed by atoms with Crippen LogP contribution in [-0.4, -0.2) is 24.6 Å². The van der Waals surface area contributed by atoms with Crippen LogP contribution in [0.25, 0.3) is 0 Å². The Morgan fingerprint density at radius 3 is 2.38 bits per heavy atom. The molecular weight excluding hydrogens is 432 g/mol. The summed E-state index contributed by atoms with van der Waals surface area (Å²) in [7, 11) is 1.48. The number of ether oxygens (including phenoxy) is 1. The van der Waals surface area contributed by atoms with Gasteiger partial charge < -0.3 is 9.15 Å². The molecule has 8 nitrogen and oxygen atoms in total. The van der Waals surface area contributed by atoms with E-state index in [9.17, 15) is 9.59 Å². The van der Waals surface area contributed by atoms with E-state index in [1.54, 1.807) is 24.3 Å². The number of para-hydroxylation sites is 2. The summed E-state index contributed by atoms with van der Waals surface area (Å²) in [5.74, 6) is 0.241. The third-order valence-electron chi connectivity index (χ3n) is 5.73. The van der Waals surface area contributed by atoms with E-state index < -0.39 is 11.8 Å². The highest BCUT2D eigenvalue weighted by Crippen LogP contribution is 2.39. The predicted molar refractivity (Wildman–Crippen MR) is 130 cm³/mol. The number of rotatable bonds is 5. The van der Waals surface area contributed by atoms with Crippen molar-refractivity contribution in [3.8, 4) is 5.75 Å². The number of methoxy groups -OCH3 is 1. The van der Waals surface area contributed by atoms with Gasteiger partial charge in [-0.05, 0) is 43.0 Å². The molecule has 1 aliphatic carbocycles. The number of hydrogen-bond acceptors (Lipinski definition) is 6. The fourth-order valence-corrected chi connectivity index (χ4v) is 4.14. The molecule has 2 amide bonds. The molecule has 0 atom stereocenters. The van der Waals surface area contributed by atoms with Crippen molar-refractivity contribution in [3.05, 3.63) is 82.8 Å². The number of nitrogens with zero attached hydrogens (tertiary/aromatic N) is 1. The summed E-state index contributed by atoms with van der Waals surface area (Å²) < 4.78 is 11.2. The standard InChI is InChI=1S/C26H28N4O4/c1-16-22-19(28-27-17-10-6-5-7-11-17)14-26(2,3)15-21(22)34-23(16)25(32)30-29-24(31)18-12-8-9-13-20(18)33-4/h5-13,27H,14-15H2,1-4H3,(H,29,31)(H,30,32)/b28-19-. The van der Waals surface area contributed by atoms with Gasteiger partial charge in [0.1, 0.15) is 11.5 Å². The molecule has 0 saturated carbocycles. The summed E-state index contributed by atoms with van der Waals surface area (Å²) in [6.07, 6.45) is 1.40. The van der Waals surface area contributed by atoms with Crippen LogP contribution in [0.4, 0.5) is 5.69 Å². The topological polar surface area (TPSA) is 105 Å². The summed E-state index contributed by atoms with van der Waals surface area (Å²) in [5.41, 5.74) is 11.4. The smallest absolute Gasteiger partial charge is 0.305 e. The number of benzene rings is 2. The van der Waals surface area contributed by atoms with E-state index in [-0.39, 0.29) is 11.2 Å². The van der Waals surface area contributed by atoms with Crippen LogP contribution in [0.5, 0.6) is 5.75 Å². The third kappa shape index (κ3) is 4.80. The molecule has 0 unspecified atom stereocenters. The molecule has 4 rings (SSSR count). The van der Waals surface area contributed by atoms with Gasteiger partial charge in [0.05, 0.1) is 24.1 Å². The van der Waals surface area contributed by atoms with E-state index in [1.165, 1.54) is 7.11 Å². The average Bonchev–Trinajstić information content (AvgIpc) is 3.16.